The Labute approximate surface area is 141 Å². The van der Waals surface area contributed by atoms with Crippen LogP contribution >= 0.6 is 11.6 Å². The van der Waals surface area contributed by atoms with Crippen molar-refractivity contribution in [3.63, 3.8) is 0 Å². The second kappa shape index (κ2) is 8.31. The topological polar surface area (TPSA) is 58.6 Å². The molecule has 6 heteroatoms. The smallest absolute Gasteiger partial charge is 0.327 e. The van der Waals surface area contributed by atoms with Crippen molar-refractivity contribution in [1.82, 2.24) is 10.2 Å². The second-order valence-corrected chi connectivity index (χ2v) is 6.17. The molecule has 1 N–H and O–H groups in total. The number of carbonyl (C=O) groups is 2. The Kier molecular flexibility index (Phi) is 6.42. The standard InChI is InChI=1S/C17H23ClN2O3/c1-3-15(21)19-14-8-5-9-20(11-14)16(17(22)23-2)12-6-4-7-13(18)10-12/h4,6-7,10,14,16H,3,5,8-9,11H2,1-2H3,(H,19,21). The summed E-state index contributed by atoms with van der Waals surface area (Å²) in [5.41, 5.74) is 0.812. The Morgan fingerprint density at radius 1 is 1.48 bits per heavy atom. The highest BCUT2D eigenvalue weighted by molar-refractivity contribution is 6.30. The highest BCUT2D eigenvalue weighted by Gasteiger charge is 2.32. The molecule has 1 aromatic rings. The van der Waals surface area contributed by atoms with E-state index in [9.17, 15) is 9.59 Å². The SMILES string of the molecule is CCC(=O)NC1CCCN(C(C(=O)OC)c2cccc(Cl)c2)C1. The van der Waals surface area contributed by atoms with Crippen molar-refractivity contribution in [2.24, 2.45) is 0 Å². The summed E-state index contributed by atoms with van der Waals surface area (Å²) in [6.07, 6.45) is 2.31. The van der Waals surface area contributed by atoms with E-state index >= 15 is 0 Å². The number of likely N-dealkylation sites (tertiary alicyclic amines) is 1. The number of hydrogen-bond donors (Lipinski definition) is 1. The number of piperidine rings is 1. The Hall–Kier alpha value is -1.59. The molecule has 23 heavy (non-hydrogen) atoms. The molecule has 0 bridgehead atoms. The Bertz CT molecular complexity index is 565. The number of nitrogens with one attached hydrogen (secondary N) is 1. The van der Waals surface area contributed by atoms with E-state index in [4.69, 9.17) is 16.3 Å². The number of methoxy groups -OCH3 is 1. The average Bonchev–Trinajstić information content (AvgIpc) is 2.55. The molecule has 1 fully saturated rings. The number of esters is 1. The molecule has 2 unspecified atom stereocenters. The molecule has 1 aromatic carbocycles. The van der Waals surface area contributed by atoms with E-state index in [-0.39, 0.29) is 17.9 Å². The molecule has 0 aliphatic carbocycles. The lowest BCUT2D eigenvalue weighted by atomic mass is 9.99. The van der Waals surface area contributed by atoms with E-state index in [1.807, 2.05) is 19.1 Å². The van der Waals surface area contributed by atoms with Crippen LogP contribution in [0.5, 0.6) is 0 Å². The summed E-state index contributed by atoms with van der Waals surface area (Å²) in [5, 5.41) is 3.60. The predicted molar refractivity (Wildman–Crippen MR) is 89.2 cm³/mol. The van der Waals surface area contributed by atoms with Crippen LogP contribution in [0.15, 0.2) is 24.3 Å². The molecule has 5 nitrogen and oxygen atoms in total. The summed E-state index contributed by atoms with van der Waals surface area (Å²) >= 11 is 6.06. The zero-order chi connectivity index (χ0) is 16.8. The van der Waals surface area contributed by atoms with Gasteiger partial charge < -0.3 is 10.1 Å². The molecular weight excluding hydrogens is 316 g/mol. The summed E-state index contributed by atoms with van der Waals surface area (Å²) < 4.78 is 4.99. The van der Waals surface area contributed by atoms with E-state index in [1.165, 1.54) is 7.11 Å². The highest BCUT2D eigenvalue weighted by Crippen LogP contribution is 2.27. The van der Waals surface area contributed by atoms with Gasteiger partial charge in [-0.1, -0.05) is 30.7 Å². The number of benzene rings is 1. The molecule has 1 aliphatic rings. The molecule has 0 radical (unpaired) electrons. The Morgan fingerprint density at radius 3 is 2.91 bits per heavy atom. The largest absolute Gasteiger partial charge is 0.468 e. The van der Waals surface area contributed by atoms with Crippen LogP contribution in [0, 0.1) is 0 Å². The van der Waals surface area contributed by atoms with Crippen LogP contribution in [0.25, 0.3) is 0 Å². The van der Waals surface area contributed by atoms with Crippen LogP contribution in [-0.2, 0) is 14.3 Å². The highest BCUT2D eigenvalue weighted by atomic mass is 35.5. The third-order valence-electron chi connectivity index (χ3n) is 4.09. The van der Waals surface area contributed by atoms with E-state index in [0.29, 0.717) is 18.0 Å². The summed E-state index contributed by atoms with van der Waals surface area (Å²) in [6.45, 7) is 3.24. The average molecular weight is 339 g/mol. The summed E-state index contributed by atoms with van der Waals surface area (Å²) in [6, 6.07) is 6.83. The normalized spacial score (nSPS) is 19.9. The van der Waals surface area contributed by atoms with Crippen molar-refractivity contribution in [2.75, 3.05) is 20.2 Å². The third-order valence-corrected chi connectivity index (χ3v) is 4.33. The van der Waals surface area contributed by atoms with Gasteiger partial charge in [-0.25, -0.2) is 4.79 Å². The van der Waals surface area contributed by atoms with Gasteiger partial charge in [0.1, 0.15) is 6.04 Å². The van der Waals surface area contributed by atoms with Crippen molar-refractivity contribution in [1.29, 1.82) is 0 Å². The third kappa shape index (κ3) is 4.69. The minimum absolute atomic E-state index is 0.0363. The summed E-state index contributed by atoms with van der Waals surface area (Å²) in [5.74, 6) is -0.274. The number of ether oxygens (including phenoxy) is 1. The van der Waals surface area contributed by atoms with Crippen LogP contribution in [0.2, 0.25) is 5.02 Å². The molecule has 0 saturated carbocycles. The fourth-order valence-electron chi connectivity index (χ4n) is 2.97. The Morgan fingerprint density at radius 2 is 2.26 bits per heavy atom. The molecule has 126 valence electrons. The van der Waals surface area contributed by atoms with Crippen molar-refractivity contribution in [3.8, 4) is 0 Å². The lowest BCUT2D eigenvalue weighted by Gasteiger charge is -2.37. The number of halogens is 1. The monoisotopic (exact) mass is 338 g/mol. The number of amides is 1. The first-order chi connectivity index (χ1) is 11.0. The lowest BCUT2D eigenvalue weighted by molar-refractivity contribution is -0.148. The minimum atomic E-state index is -0.500. The lowest BCUT2D eigenvalue weighted by Crippen LogP contribution is -2.50. The van der Waals surface area contributed by atoms with Crippen LogP contribution in [-0.4, -0.2) is 43.0 Å². The van der Waals surface area contributed by atoms with Crippen LogP contribution < -0.4 is 5.32 Å². The maximum atomic E-state index is 12.3. The zero-order valence-electron chi connectivity index (χ0n) is 13.5. The van der Waals surface area contributed by atoms with E-state index < -0.39 is 6.04 Å². The number of hydrogen-bond acceptors (Lipinski definition) is 4. The molecule has 2 rings (SSSR count). The van der Waals surface area contributed by atoms with Gasteiger partial charge in [-0.15, -0.1) is 0 Å². The maximum absolute atomic E-state index is 12.3. The predicted octanol–water partition coefficient (Wildman–Crippen LogP) is 2.54. The first-order valence-corrected chi connectivity index (χ1v) is 8.29. The van der Waals surface area contributed by atoms with E-state index in [1.54, 1.807) is 12.1 Å². The molecule has 2 atom stereocenters. The van der Waals surface area contributed by atoms with Crippen molar-refractivity contribution in [2.45, 2.75) is 38.3 Å². The first-order valence-electron chi connectivity index (χ1n) is 7.91. The molecule has 1 aliphatic heterocycles. The maximum Gasteiger partial charge on any atom is 0.327 e. The van der Waals surface area contributed by atoms with Crippen molar-refractivity contribution < 1.29 is 14.3 Å². The van der Waals surface area contributed by atoms with Gasteiger partial charge in [-0.2, -0.15) is 0 Å². The van der Waals surface area contributed by atoms with Gasteiger partial charge in [0.15, 0.2) is 0 Å². The van der Waals surface area contributed by atoms with Crippen LogP contribution in [0.1, 0.15) is 37.8 Å². The zero-order valence-corrected chi connectivity index (χ0v) is 14.3. The van der Waals surface area contributed by atoms with Gasteiger partial charge >= 0.3 is 5.97 Å². The molecule has 1 amide bonds. The van der Waals surface area contributed by atoms with Gasteiger partial charge in [-0.3, -0.25) is 9.69 Å². The van der Waals surface area contributed by atoms with E-state index in [0.717, 1.165) is 24.9 Å². The summed E-state index contributed by atoms with van der Waals surface area (Å²) in [7, 11) is 1.39. The van der Waals surface area contributed by atoms with Crippen LogP contribution in [0.4, 0.5) is 0 Å². The fourth-order valence-corrected chi connectivity index (χ4v) is 3.17. The van der Waals surface area contributed by atoms with Gasteiger partial charge in [0.2, 0.25) is 5.91 Å². The Balaban J connectivity index is 2.18. The number of rotatable bonds is 5. The molecule has 0 aromatic heterocycles. The van der Waals surface area contributed by atoms with Gasteiger partial charge in [0.05, 0.1) is 7.11 Å². The molecular formula is C17H23ClN2O3. The van der Waals surface area contributed by atoms with Gasteiger partial charge in [0, 0.05) is 24.0 Å². The van der Waals surface area contributed by atoms with Gasteiger partial charge in [-0.05, 0) is 37.1 Å². The summed E-state index contributed by atoms with van der Waals surface area (Å²) in [4.78, 5) is 26.0. The number of carbonyl (C=O) groups excluding carboxylic acids is 2. The van der Waals surface area contributed by atoms with Crippen molar-refractivity contribution >= 4 is 23.5 Å². The molecule has 0 spiro atoms. The fraction of sp³-hybridized carbons (Fsp3) is 0.529. The van der Waals surface area contributed by atoms with Gasteiger partial charge in [0.25, 0.3) is 0 Å². The van der Waals surface area contributed by atoms with E-state index in [2.05, 4.69) is 10.2 Å². The second-order valence-electron chi connectivity index (χ2n) is 5.74. The first kappa shape index (κ1) is 17.8. The van der Waals surface area contributed by atoms with Crippen molar-refractivity contribution in [3.05, 3.63) is 34.9 Å². The number of nitrogens with zero attached hydrogens (tertiary/aromatic N) is 1. The minimum Gasteiger partial charge on any atom is -0.468 e. The quantitative estimate of drug-likeness (QED) is 0.838. The van der Waals surface area contributed by atoms with Crippen LogP contribution in [0.3, 0.4) is 0 Å². The molecule has 1 heterocycles. The molecule has 1 saturated heterocycles.